The van der Waals surface area contributed by atoms with E-state index >= 15 is 0 Å². The molecule has 0 unspecified atom stereocenters. The van der Waals surface area contributed by atoms with Gasteiger partial charge in [-0.2, -0.15) is 0 Å². The Balaban J connectivity index is 1.78. The standard InChI is InChI=1S/C16H20ClNO3S/c1-16(2,13-4-3-5-14(17)6-13)15(19)18-7-11-9-22(20,21)10-12(11)8-18/h3-6,11-12H,7-10H2,1-2H3/t11-,12+. The molecule has 0 aliphatic carbocycles. The van der Waals surface area contributed by atoms with Gasteiger partial charge >= 0.3 is 0 Å². The van der Waals surface area contributed by atoms with Gasteiger partial charge in [0.1, 0.15) is 0 Å². The Morgan fingerprint density at radius 1 is 1.23 bits per heavy atom. The highest BCUT2D eigenvalue weighted by molar-refractivity contribution is 7.91. The molecule has 4 nitrogen and oxygen atoms in total. The molecular formula is C16H20ClNO3S. The first-order valence-electron chi connectivity index (χ1n) is 7.45. The van der Waals surface area contributed by atoms with Crippen LogP contribution >= 0.6 is 11.6 Å². The van der Waals surface area contributed by atoms with E-state index in [9.17, 15) is 13.2 Å². The lowest BCUT2D eigenvalue weighted by Gasteiger charge is -2.30. The topological polar surface area (TPSA) is 54.5 Å². The number of halogens is 1. The van der Waals surface area contributed by atoms with Crippen molar-refractivity contribution >= 4 is 27.3 Å². The fourth-order valence-corrected chi connectivity index (χ4v) is 5.98. The van der Waals surface area contributed by atoms with Crippen molar-refractivity contribution in [3.05, 3.63) is 34.9 Å². The van der Waals surface area contributed by atoms with Crippen molar-refractivity contribution in [2.45, 2.75) is 19.3 Å². The monoisotopic (exact) mass is 341 g/mol. The van der Waals surface area contributed by atoms with Crippen LogP contribution in [0.25, 0.3) is 0 Å². The average Bonchev–Trinajstić information content (AvgIpc) is 2.91. The van der Waals surface area contributed by atoms with Crippen LogP contribution in [0.15, 0.2) is 24.3 Å². The maximum absolute atomic E-state index is 12.9. The molecule has 1 aromatic carbocycles. The van der Waals surface area contributed by atoms with E-state index in [0.29, 0.717) is 18.1 Å². The van der Waals surface area contributed by atoms with Crippen LogP contribution in [0.4, 0.5) is 0 Å². The fraction of sp³-hybridized carbons (Fsp3) is 0.562. The highest BCUT2D eigenvalue weighted by Gasteiger charge is 2.47. The van der Waals surface area contributed by atoms with Crippen LogP contribution in [0.3, 0.4) is 0 Å². The highest BCUT2D eigenvalue weighted by Crippen LogP contribution is 2.36. The maximum Gasteiger partial charge on any atom is 0.232 e. The molecule has 0 N–H and O–H groups in total. The molecule has 2 atom stereocenters. The summed E-state index contributed by atoms with van der Waals surface area (Å²) >= 11 is 6.03. The Labute approximate surface area is 136 Å². The molecule has 0 spiro atoms. The van der Waals surface area contributed by atoms with E-state index in [1.54, 1.807) is 6.07 Å². The normalized spacial score (nSPS) is 27.0. The first-order valence-corrected chi connectivity index (χ1v) is 9.65. The molecule has 2 aliphatic heterocycles. The van der Waals surface area contributed by atoms with Crippen molar-refractivity contribution < 1.29 is 13.2 Å². The van der Waals surface area contributed by atoms with Gasteiger partial charge in [-0.1, -0.05) is 23.7 Å². The number of hydrogen-bond donors (Lipinski definition) is 0. The summed E-state index contributed by atoms with van der Waals surface area (Å²) in [5.41, 5.74) is 0.220. The third kappa shape index (κ3) is 2.76. The van der Waals surface area contributed by atoms with Gasteiger partial charge in [0.25, 0.3) is 0 Å². The quantitative estimate of drug-likeness (QED) is 0.828. The number of carbonyl (C=O) groups is 1. The summed E-state index contributed by atoms with van der Waals surface area (Å²) in [6.07, 6.45) is 0. The molecule has 0 aromatic heterocycles. The number of likely N-dealkylation sites (tertiary alicyclic amines) is 1. The third-order valence-electron chi connectivity index (χ3n) is 4.88. The minimum atomic E-state index is -2.90. The molecule has 0 bridgehead atoms. The zero-order chi connectivity index (χ0) is 16.1. The molecule has 22 heavy (non-hydrogen) atoms. The molecule has 2 fully saturated rings. The molecule has 0 radical (unpaired) electrons. The van der Waals surface area contributed by atoms with E-state index in [1.807, 2.05) is 36.9 Å². The molecule has 3 rings (SSSR count). The van der Waals surface area contributed by atoms with E-state index in [1.165, 1.54) is 0 Å². The van der Waals surface area contributed by atoms with Gasteiger partial charge in [-0.05, 0) is 43.4 Å². The summed E-state index contributed by atoms with van der Waals surface area (Å²) in [6.45, 7) is 4.89. The number of amides is 1. The number of fused-ring (bicyclic) bond motifs is 1. The molecule has 0 saturated carbocycles. The molecule has 1 aromatic rings. The number of benzene rings is 1. The van der Waals surface area contributed by atoms with Crippen LogP contribution in [0.2, 0.25) is 5.02 Å². The average molecular weight is 342 g/mol. The molecule has 2 heterocycles. The zero-order valence-corrected chi connectivity index (χ0v) is 14.3. The second-order valence-electron chi connectivity index (χ2n) is 6.94. The predicted octanol–water partition coefficient (Wildman–Crippen LogP) is 2.12. The maximum atomic E-state index is 12.9. The highest BCUT2D eigenvalue weighted by atomic mass is 35.5. The lowest BCUT2D eigenvalue weighted by molar-refractivity contribution is -0.135. The van der Waals surface area contributed by atoms with E-state index in [2.05, 4.69) is 0 Å². The molecule has 120 valence electrons. The second-order valence-corrected chi connectivity index (χ2v) is 9.53. The molecular weight excluding hydrogens is 322 g/mol. The Bertz CT molecular complexity index is 694. The summed E-state index contributed by atoms with van der Waals surface area (Å²) in [5, 5.41) is 0.614. The van der Waals surface area contributed by atoms with E-state index in [-0.39, 0.29) is 29.2 Å². The lowest BCUT2D eigenvalue weighted by atomic mass is 9.83. The Morgan fingerprint density at radius 3 is 2.36 bits per heavy atom. The smallest absolute Gasteiger partial charge is 0.232 e. The Hall–Kier alpha value is -1.07. The van der Waals surface area contributed by atoms with Crippen molar-refractivity contribution in [2.24, 2.45) is 11.8 Å². The number of sulfone groups is 1. The molecule has 2 aliphatic rings. The van der Waals surface area contributed by atoms with Crippen molar-refractivity contribution in [3.8, 4) is 0 Å². The largest absolute Gasteiger partial charge is 0.341 e. The van der Waals surface area contributed by atoms with Gasteiger partial charge in [-0.15, -0.1) is 0 Å². The van der Waals surface area contributed by atoms with Gasteiger partial charge in [0.05, 0.1) is 16.9 Å². The van der Waals surface area contributed by atoms with Gasteiger partial charge < -0.3 is 4.90 Å². The van der Waals surface area contributed by atoms with Crippen LogP contribution in [-0.4, -0.2) is 43.8 Å². The van der Waals surface area contributed by atoms with Crippen LogP contribution in [-0.2, 0) is 20.0 Å². The van der Waals surface area contributed by atoms with Crippen LogP contribution in [0.1, 0.15) is 19.4 Å². The van der Waals surface area contributed by atoms with Crippen molar-refractivity contribution in [3.63, 3.8) is 0 Å². The third-order valence-corrected chi connectivity index (χ3v) is 6.99. The van der Waals surface area contributed by atoms with Gasteiger partial charge in [0, 0.05) is 18.1 Å². The SMILES string of the molecule is CC(C)(C(=O)N1C[C@@H]2CS(=O)(=O)C[C@@H]2C1)c1cccc(Cl)c1. The number of nitrogens with zero attached hydrogens (tertiary/aromatic N) is 1. The van der Waals surface area contributed by atoms with Gasteiger partial charge in [-0.25, -0.2) is 8.42 Å². The van der Waals surface area contributed by atoms with E-state index < -0.39 is 15.3 Å². The lowest BCUT2D eigenvalue weighted by Crippen LogP contribution is -2.43. The molecule has 2 saturated heterocycles. The molecule has 1 amide bonds. The first kappa shape index (κ1) is 15.8. The van der Waals surface area contributed by atoms with E-state index in [4.69, 9.17) is 11.6 Å². The Morgan fingerprint density at radius 2 is 1.82 bits per heavy atom. The second kappa shape index (κ2) is 5.24. The number of rotatable bonds is 2. The van der Waals surface area contributed by atoms with Gasteiger partial charge in [0.2, 0.25) is 5.91 Å². The van der Waals surface area contributed by atoms with Crippen LogP contribution < -0.4 is 0 Å². The van der Waals surface area contributed by atoms with E-state index in [0.717, 1.165) is 5.56 Å². The van der Waals surface area contributed by atoms with Crippen molar-refractivity contribution in [1.82, 2.24) is 4.90 Å². The summed E-state index contributed by atoms with van der Waals surface area (Å²) in [4.78, 5) is 14.7. The summed E-state index contributed by atoms with van der Waals surface area (Å²) in [7, 11) is -2.90. The zero-order valence-electron chi connectivity index (χ0n) is 12.8. The predicted molar refractivity (Wildman–Crippen MR) is 86.7 cm³/mol. The van der Waals surface area contributed by atoms with Gasteiger partial charge in [-0.3, -0.25) is 4.79 Å². The van der Waals surface area contributed by atoms with Crippen molar-refractivity contribution in [2.75, 3.05) is 24.6 Å². The Kier molecular flexibility index (Phi) is 3.76. The van der Waals surface area contributed by atoms with Crippen LogP contribution in [0.5, 0.6) is 0 Å². The first-order chi connectivity index (χ1) is 10.2. The number of hydrogen-bond acceptors (Lipinski definition) is 3. The summed E-state index contributed by atoms with van der Waals surface area (Å²) in [5.74, 6) is 0.688. The van der Waals surface area contributed by atoms with Crippen molar-refractivity contribution in [1.29, 1.82) is 0 Å². The summed E-state index contributed by atoms with van der Waals surface area (Å²) in [6, 6.07) is 7.36. The molecule has 6 heteroatoms. The minimum Gasteiger partial charge on any atom is -0.341 e. The minimum absolute atomic E-state index is 0.0431. The van der Waals surface area contributed by atoms with Crippen LogP contribution in [0, 0.1) is 11.8 Å². The summed E-state index contributed by atoms with van der Waals surface area (Å²) < 4.78 is 23.3. The number of carbonyl (C=O) groups excluding carboxylic acids is 1. The fourth-order valence-electron chi connectivity index (χ4n) is 3.60. The van der Waals surface area contributed by atoms with Gasteiger partial charge in [0.15, 0.2) is 9.84 Å².